The average molecular weight is 268 g/mol. The minimum atomic E-state index is -0.120. The normalized spacial score (nSPS) is 24.9. The number of hydrogen-bond donors (Lipinski definition) is 1. The zero-order chi connectivity index (χ0) is 13.4. The molecule has 1 aromatic rings. The molecule has 0 radical (unpaired) electrons. The first-order valence-electron chi connectivity index (χ1n) is 6.49. The van der Waals surface area contributed by atoms with E-state index in [0.29, 0.717) is 12.6 Å². The van der Waals surface area contributed by atoms with E-state index in [1.54, 1.807) is 11.3 Å². The topological polar surface area (TPSA) is 38.5 Å². The van der Waals surface area contributed by atoms with Crippen molar-refractivity contribution < 1.29 is 4.74 Å². The largest absolute Gasteiger partial charge is 0.367 e. The molecule has 0 amide bonds. The fraction of sp³-hybridized carbons (Fsp3) is 0.714. The number of nitrogens with two attached hydrogens (primary N) is 1. The number of ether oxygens (including phenoxy) is 1. The maximum absolute atomic E-state index is 6.12. The van der Waals surface area contributed by atoms with Gasteiger partial charge in [0.25, 0.3) is 0 Å². The van der Waals surface area contributed by atoms with Crippen LogP contribution < -0.4 is 5.73 Å². The fourth-order valence-corrected chi connectivity index (χ4v) is 3.73. The highest BCUT2D eigenvalue weighted by Gasteiger charge is 2.40. The number of hydrogen-bond acceptors (Lipinski definition) is 4. The highest BCUT2D eigenvalue weighted by molar-refractivity contribution is 7.07. The van der Waals surface area contributed by atoms with Gasteiger partial charge in [0.05, 0.1) is 11.2 Å². The van der Waals surface area contributed by atoms with E-state index >= 15 is 0 Å². The van der Waals surface area contributed by atoms with Crippen molar-refractivity contribution in [2.45, 2.75) is 44.9 Å². The third-order valence-electron chi connectivity index (χ3n) is 3.31. The van der Waals surface area contributed by atoms with E-state index in [9.17, 15) is 0 Å². The van der Waals surface area contributed by atoms with Crippen LogP contribution in [0, 0.1) is 0 Å². The van der Waals surface area contributed by atoms with Gasteiger partial charge in [0.15, 0.2) is 0 Å². The van der Waals surface area contributed by atoms with E-state index in [-0.39, 0.29) is 11.2 Å². The summed E-state index contributed by atoms with van der Waals surface area (Å²) >= 11 is 1.73. The van der Waals surface area contributed by atoms with Crippen molar-refractivity contribution in [3.8, 4) is 0 Å². The minimum Gasteiger partial charge on any atom is -0.367 e. The van der Waals surface area contributed by atoms with Crippen LogP contribution in [0.4, 0.5) is 0 Å². The van der Waals surface area contributed by atoms with Crippen LogP contribution in [0.15, 0.2) is 16.8 Å². The van der Waals surface area contributed by atoms with Gasteiger partial charge in [-0.25, -0.2) is 0 Å². The Bertz CT molecular complexity index is 371. The van der Waals surface area contributed by atoms with E-state index in [1.807, 2.05) is 0 Å². The lowest BCUT2D eigenvalue weighted by Crippen LogP contribution is -2.58. The van der Waals surface area contributed by atoms with Crippen LogP contribution in [0.2, 0.25) is 0 Å². The summed E-state index contributed by atoms with van der Waals surface area (Å²) in [4.78, 5) is 2.46. The maximum atomic E-state index is 6.12. The first-order valence-corrected chi connectivity index (χ1v) is 7.44. The van der Waals surface area contributed by atoms with Crippen molar-refractivity contribution in [3.05, 3.63) is 22.4 Å². The lowest BCUT2D eigenvalue weighted by atomic mass is 9.96. The monoisotopic (exact) mass is 268 g/mol. The Hall–Kier alpha value is -0.420. The highest BCUT2D eigenvalue weighted by Crippen LogP contribution is 2.33. The third-order valence-corrected chi connectivity index (χ3v) is 4.01. The molecule has 1 aromatic heterocycles. The summed E-state index contributed by atoms with van der Waals surface area (Å²) in [6, 6.07) is 2.48. The third kappa shape index (κ3) is 3.12. The van der Waals surface area contributed by atoms with Crippen molar-refractivity contribution in [1.82, 2.24) is 4.90 Å². The van der Waals surface area contributed by atoms with Crippen molar-refractivity contribution in [3.63, 3.8) is 0 Å². The second-order valence-corrected chi connectivity index (χ2v) is 7.11. The van der Waals surface area contributed by atoms with Gasteiger partial charge < -0.3 is 10.5 Å². The van der Waals surface area contributed by atoms with Gasteiger partial charge >= 0.3 is 0 Å². The van der Waals surface area contributed by atoms with Gasteiger partial charge in [-0.05, 0) is 50.1 Å². The number of morpholine rings is 1. The average Bonchev–Trinajstić information content (AvgIpc) is 2.67. The minimum absolute atomic E-state index is 0.120. The molecule has 0 saturated carbocycles. The van der Waals surface area contributed by atoms with Crippen molar-refractivity contribution in [2.24, 2.45) is 5.73 Å². The molecule has 3 nitrogen and oxygen atoms in total. The summed E-state index contributed by atoms with van der Waals surface area (Å²) in [5.74, 6) is 0. The number of thiophene rings is 1. The summed E-state index contributed by atoms with van der Waals surface area (Å²) in [5.41, 5.74) is 7.08. The molecule has 102 valence electrons. The summed E-state index contributed by atoms with van der Waals surface area (Å²) in [6.45, 7) is 11.1. The SMILES string of the molecule is CC1(C)CN(C(CN)c2ccsc2)CC(C)(C)O1. The standard InChI is InChI=1S/C14H24N2OS/c1-13(2)9-16(10-14(3,4)17-13)12(7-15)11-5-6-18-8-11/h5-6,8,12H,7,9-10,15H2,1-4H3. The molecule has 1 aliphatic rings. The van der Waals surface area contributed by atoms with Gasteiger partial charge in [-0.15, -0.1) is 0 Å². The molecule has 0 bridgehead atoms. The Kier molecular flexibility index (Phi) is 3.83. The van der Waals surface area contributed by atoms with Gasteiger partial charge in [0.2, 0.25) is 0 Å². The molecule has 2 rings (SSSR count). The molecular formula is C14H24N2OS. The van der Waals surface area contributed by atoms with Crippen LogP contribution in [0.3, 0.4) is 0 Å². The van der Waals surface area contributed by atoms with Gasteiger partial charge in [-0.2, -0.15) is 11.3 Å². The lowest BCUT2D eigenvalue weighted by molar-refractivity contribution is -0.187. The van der Waals surface area contributed by atoms with Crippen LogP contribution >= 0.6 is 11.3 Å². The van der Waals surface area contributed by atoms with E-state index in [1.165, 1.54) is 5.56 Å². The summed E-state index contributed by atoms with van der Waals surface area (Å²) in [5, 5.41) is 4.32. The number of nitrogens with zero attached hydrogens (tertiary/aromatic N) is 1. The Morgan fingerprint density at radius 2 is 1.94 bits per heavy atom. The second-order valence-electron chi connectivity index (χ2n) is 6.33. The van der Waals surface area contributed by atoms with E-state index < -0.39 is 0 Å². The molecule has 0 aliphatic carbocycles. The van der Waals surface area contributed by atoms with Gasteiger partial charge in [-0.3, -0.25) is 4.90 Å². The van der Waals surface area contributed by atoms with E-state index in [0.717, 1.165) is 13.1 Å². The zero-order valence-electron chi connectivity index (χ0n) is 11.8. The molecule has 2 heterocycles. The summed E-state index contributed by atoms with van der Waals surface area (Å²) in [7, 11) is 0. The zero-order valence-corrected chi connectivity index (χ0v) is 12.6. The Balaban J connectivity index is 2.21. The molecule has 1 fully saturated rings. The van der Waals surface area contributed by atoms with Gasteiger partial charge in [-0.1, -0.05) is 0 Å². The number of rotatable bonds is 3. The molecule has 4 heteroatoms. The van der Waals surface area contributed by atoms with Crippen LogP contribution in [-0.2, 0) is 4.74 Å². The highest BCUT2D eigenvalue weighted by atomic mass is 32.1. The first-order chi connectivity index (χ1) is 8.33. The second kappa shape index (κ2) is 4.93. The lowest BCUT2D eigenvalue weighted by Gasteiger charge is -2.49. The molecule has 18 heavy (non-hydrogen) atoms. The van der Waals surface area contributed by atoms with Crippen LogP contribution in [0.25, 0.3) is 0 Å². The molecular weight excluding hydrogens is 244 g/mol. The Morgan fingerprint density at radius 3 is 2.39 bits per heavy atom. The maximum Gasteiger partial charge on any atom is 0.0761 e. The Labute approximate surface area is 114 Å². The van der Waals surface area contributed by atoms with E-state index in [4.69, 9.17) is 10.5 Å². The predicted molar refractivity (Wildman–Crippen MR) is 76.9 cm³/mol. The van der Waals surface area contributed by atoms with Crippen molar-refractivity contribution >= 4 is 11.3 Å². The molecule has 0 aromatic carbocycles. The quantitative estimate of drug-likeness (QED) is 0.916. The van der Waals surface area contributed by atoms with Gasteiger partial charge in [0.1, 0.15) is 0 Å². The molecule has 1 unspecified atom stereocenters. The molecule has 2 N–H and O–H groups in total. The van der Waals surface area contributed by atoms with Crippen LogP contribution in [0.1, 0.15) is 39.3 Å². The smallest absolute Gasteiger partial charge is 0.0761 e. The van der Waals surface area contributed by atoms with Gasteiger partial charge in [0, 0.05) is 25.7 Å². The predicted octanol–water partition coefficient (Wildman–Crippen LogP) is 2.64. The molecule has 0 spiro atoms. The summed E-state index contributed by atoms with van der Waals surface area (Å²) in [6.07, 6.45) is 0. The molecule has 1 saturated heterocycles. The summed E-state index contributed by atoms with van der Waals surface area (Å²) < 4.78 is 6.12. The van der Waals surface area contributed by atoms with Crippen LogP contribution in [-0.4, -0.2) is 35.7 Å². The first kappa shape index (κ1) is 14.0. The van der Waals surface area contributed by atoms with E-state index in [2.05, 4.69) is 49.4 Å². The molecule has 1 atom stereocenters. The fourth-order valence-electron chi connectivity index (χ4n) is 3.03. The van der Waals surface area contributed by atoms with Crippen LogP contribution in [0.5, 0.6) is 0 Å². The van der Waals surface area contributed by atoms with Crippen molar-refractivity contribution in [2.75, 3.05) is 19.6 Å². The van der Waals surface area contributed by atoms with Crippen molar-refractivity contribution in [1.29, 1.82) is 0 Å². The Morgan fingerprint density at radius 1 is 1.33 bits per heavy atom. The molecule has 1 aliphatic heterocycles.